The second-order valence-corrected chi connectivity index (χ2v) is 6.73. The average molecular weight is 325 g/mol. The quantitative estimate of drug-likeness (QED) is 0.923. The second-order valence-electron chi connectivity index (χ2n) is 6.73. The SMILES string of the molecule is Cc1ccc(C(=O)N2C[C@@H]3CNC[C@@H]3[C@H]2c2cccc(F)c2)cn1. The van der Waals surface area contributed by atoms with E-state index in [1.807, 2.05) is 30.0 Å². The van der Waals surface area contributed by atoms with Gasteiger partial charge in [-0.2, -0.15) is 0 Å². The van der Waals surface area contributed by atoms with E-state index < -0.39 is 0 Å². The number of carbonyl (C=O) groups excluding carboxylic acids is 1. The van der Waals surface area contributed by atoms with Crippen LogP contribution in [0.2, 0.25) is 0 Å². The topological polar surface area (TPSA) is 45.2 Å². The maximum Gasteiger partial charge on any atom is 0.255 e. The van der Waals surface area contributed by atoms with Crippen molar-refractivity contribution in [3.05, 3.63) is 65.2 Å². The summed E-state index contributed by atoms with van der Waals surface area (Å²) >= 11 is 0. The van der Waals surface area contributed by atoms with Crippen molar-refractivity contribution in [3.63, 3.8) is 0 Å². The first-order chi connectivity index (χ1) is 11.6. The molecule has 1 aromatic carbocycles. The first-order valence-corrected chi connectivity index (χ1v) is 8.33. The van der Waals surface area contributed by atoms with Crippen molar-refractivity contribution in [2.75, 3.05) is 19.6 Å². The molecule has 24 heavy (non-hydrogen) atoms. The Kier molecular flexibility index (Phi) is 3.81. The van der Waals surface area contributed by atoms with Crippen LogP contribution < -0.4 is 5.32 Å². The van der Waals surface area contributed by atoms with E-state index in [1.165, 1.54) is 6.07 Å². The van der Waals surface area contributed by atoms with Crippen LogP contribution in [0, 0.1) is 24.6 Å². The van der Waals surface area contributed by atoms with Gasteiger partial charge in [-0.15, -0.1) is 0 Å². The Labute approximate surface area is 140 Å². The van der Waals surface area contributed by atoms with Gasteiger partial charge in [0.25, 0.3) is 5.91 Å². The normalized spacial score (nSPS) is 25.8. The summed E-state index contributed by atoms with van der Waals surface area (Å²) in [5, 5.41) is 3.40. The van der Waals surface area contributed by atoms with Gasteiger partial charge in [-0.1, -0.05) is 12.1 Å². The van der Waals surface area contributed by atoms with Gasteiger partial charge >= 0.3 is 0 Å². The fourth-order valence-corrected chi connectivity index (χ4v) is 4.01. The Balaban J connectivity index is 1.70. The molecule has 2 fully saturated rings. The van der Waals surface area contributed by atoms with Gasteiger partial charge in [0.2, 0.25) is 0 Å². The maximum absolute atomic E-state index is 13.7. The number of halogens is 1. The molecular formula is C19H20FN3O. The van der Waals surface area contributed by atoms with Crippen LogP contribution >= 0.6 is 0 Å². The highest BCUT2D eigenvalue weighted by molar-refractivity contribution is 5.94. The summed E-state index contributed by atoms with van der Waals surface area (Å²) < 4.78 is 13.7. The number of nitrogens with zero attached hydrogens (tertiary/aromatic N) is 2. The van der Waals surface area contributed by atoms with Gasteiger partial charge in [-0.05, 0) is 42.7 Å². The van der Waals surface area contributed by atoms with Crippen LogP contribution in [0.5, 0.6) is 0 Å². The first-order valence-electron chi connectivity index (χ1n) is 8.33. The van der Waals surface area contributed by atoms with Gasteiger partial charge in [-0.3, -0.25) is 9.78 Å². The molecule has 2 aliphatic heterocycles. The van der Waals surface area contributed by atoms with Crippen LogP contribution in [-0.2, 0) is 0 Å². The summed E-state index contributed by atoms with van der Waals surface area (Å²) in [5.74, 6) is 0.465. The standard InChI is InChI=1S/C19H20FN3O/c1-12-5-6-14(9-22-12)19(24)23-11-15-8-21-10-17(15)18(23)13-3-2-4-16(20)7-13/h2-7,9,15,17-18,21H,8,10-11H2,1H3/t15-,17-,18+/m0/s1. The lowest BCUT2D eigenvalue weighted by Gasteiger charge is -2.28. The third-order valence-electron chi connectivity index (χ3n) is 5.17. The monoisotopic (exact) mass is 325 g/mol. The van der Waals surface area contributed by atoms with E-state index >= 15 is 0 Å². The van der Waals surface area contributed by atoms with Crippen molar-refractivity contribution in [2.45, 2.75) is 13.0 Å². The Bertz CT molecular complexity index is 761. The fourth-order valence-electron chi connectivity index (χ4n) is 4.01. The van der Waals surface area contributed by atoms with E-state index in [1.54, 1.807) is 18.3 Å². The number of nitrogens with one attached hydrogen (secondary N) is 1. The second kappa shape index (κ2) is 5.98. The number of carbonyl (C=O) groups is 1. The van der Waals surface area contributed by atoms with Gasteiger partial charge < -0.3 is 10.2 Å². The number of aromatic nitrogens is 1. The lowest BCUT2D eigenvalue weighted by Crippen LogP contribution is -2.34. The zero-order chi connectivity index (χ0) is 16.7. The summed E-state index contributed by atoms with van der Waals surface area (Å²) in [7, 11) is 0. The molecule has 0 radical (unpaired) electrons. The largest absolute Gasteiger partial charge is 0.331 e. The zero-order valence-corrected chi connectivity index (χ0v) is 13.6. The molecule has 0 saturated carbocycles. The van der Waals surface area contributed by atoms with Crippen molar-refractivity contribution in [3.8, 4) is 0 Å². The fraction of sp³-hybridized carbons (Fsp3) is 0.368. The molecule has 124 valence electrons. The molecule has 3 heterocycles. The van der Waals surface area contributed by atoms with E-state index in [0.717, 1.165) is 24.3 Å². The molecule has 0 spiro atoms. The molecule has 0 unspecified atom stereocenters. The predicted molar refractivity (Wildman–Crippen MR) is 89.0 cm³/mol. The molecule has 2 aliphatic rings. The van der Waals surface area contributed by atoms with Crippen molar-refractivity contribution in [2.24, 2.45) is 11.8 Å². The van der Waals surface area contributed by atoms with Crippen molar-refractivity contribution < 1.29 is 9.18 Å². The summed E-state index contributed by atoms with van der Waals surface area (Å²) in [6, 6.07) is 10.2. The van der Waals surface area contributed by atoms with Crippen LogP contribution in [0.3, 0.4) is 0 Å². The van der Waals surface area contributed by atoms with Crippen LogP contribution in [0.25, 0.3) is 0 Å². The van der Waals surface area contributed by atoms with Gasteiger partial charge in [0, 0.05) is 37.4 Å². The number of aryl methyl sites for hydroxylation is 1. The third-order valence-corrected chi connectivity index (χ3v) is 5.17. The molecule has 0 bridgehead atoms. The highest BCUT2D eigenvalue weighted by Gasteiger charge is 2.46. The van der Waals surface area contributed by atoms with Gasteiger partial charge in [0.1, 0.15) is 5.82 Å². The van der Waals surface area contributed by atoms with Crippen LogP contribution in [0.4, 0.5) is 4.39 Å². The van der Waals surface area contributed by atoms with Crippen molar-refractivity contribution >= 4 is 5.91 Å². The van der Waals surface area contributed by atoms with Crippen LogP contribution in [-0.4, -0.2) is 35.4 Å². The zero-order valence-electron chi connectivity index (χ0n) is 13.6. The number of hydrogen-bond acceptors (Lipinski definition) is 3. The molecule has 3 atom stereocenters. The minimum atomic E-state index is -0.258. The first kappa shape index (κ1) is 15.3. The molecule has 1 N–H and O–H groups in total. The smallest absolute Gasteiger partial charge is 0.255 e. The van der Waals surface area contributed by atoms with E-state index in [4.69, 9.17) is 0 Å². The van der Waals surface area contributed by atoms with Crippen molar-refractivity contribution in [1.82, 2.24) is 15.2 Å². The summed E-state index contributed by atoms with van der Waals surface area (Å²) in [6.45, 7) is 4.37. The lowest BCUT2D eigenvalue weighted by molar-refractivity contribution is 0.0713. The number of fused-ring (bicyclic) bond motifs is 1. The molecule has 0 aliphatic carbocycles. The summed E-state index contributed by atoms with van der Waals surface area (Å²) in [5.41, 5.74) is 2.35. The highest BCUT2D eigenvalue weighted by Crippen LogP contribution is 2.43. The molecule has 1 amide bonds. The van der Waals surface area contributed by atoms with E-state index in [2.05, 4.69) is 10.3 Å². The summed E-state index contributed by atoms with van der Waals surface area (Å²) in [4.78, 5) is 19.2. The van der Waals surface area contributed by atoms with E-state index in [-0.39, 0.29) is 17.8 Å². The maximum atomic E-state index is 13.7. The van der Waals surface area contributed by atoms with E-state index in [9.17, 15) is 9.18 Å². The van der Waals surface area contributed by atoms with Crippen molar-refractivity contribution in [1.29, 1.82) is 0 Å². The number of pyridine rings is 1. The Morgan fingerprint density at radius 2 is 2.17 bits per heavy atom. The van der Waals surface area contributed by atoms with Crippen LogP contribution in [0.1, 0.15) is 27.7 Å². The molecule has 1 aromatic heterocycles. The summed E-state index contributed by atoms with van der Waals surface area (Å²) in [6.07, 6.45) is 1.63. The minimum Gasteiger partial charge on any atom is -0.331 e. The van der Waals surface area contributed by atoms with Gasteiger partial charge in [0.15, 0.2) is 0 Å². The molecular weight excluding hydrogens is 305 g/mol. The number of likely N-dealkylation sites (tertiary alicyclic amines) is 1. The Morgan fingerprint density at radius 3 is 2.92 bits per heavy atom. The van der Waals surface area contributed by atoms with E-state index in [0.29, 0.717) is 23.9 Å². The third kappa shape index (κ3) is 2.59. The number of amides is 1. The minimum absolute atomic E-state index is 0.0221. The van der Waals surface area contributed by atoms with Gasteiger partial charge in [0.05, 0.1) is 11.6 Å². The predicted octanol–water partition coefficient (Wildman–Crippen LogP) is 2.56. The molecule has 2 aromatic rings. The Morgan fingerprint density at radius 1 is 1.29 bits per heavy atom. The molecule has 4 nitrogen and oxygen atoms in total. The lowest BCUT2D eigenvalue weighted by atomic mass is 9.89. The number of hydrogen-bond donors (Lipinski definition) is 1. The highest BCUT2D eigenvalue weighted by atomic mass is 19.1. The molecule has 4 rings (SSSR count). The Hall–Kier alpha value is -2.27. The van der Waals surface area contributed by atoms with Gasteiger partial charge in [-0.25, -0.2) is 4.39 Å². The molecule has 2 saturated heterocycles. The average Bonchev–Trinajstić information content (AvgIpc) is 3.15. The number of rotatable bonds is 2. The molecule has 5 heteroatoms. The number of benzene rings is 1. The van der Waals surface area contributed by atoms with Crippen LogP contribution in [0.15, 0.2) is 42.6 Å².